The maximum Gasteiger partial charge on any atom is 0.264 e. The molecule has 24 heavy (non-hydrogen) atoms. The Hall–Kier alpha value is -2.45. The Bertz CT molecular complexity index is 972. The maximum atomic E-state index is 12.7. The Morgan fingerprint density at radius 3 is 2.96 bits per heavy atom. The molecular weight excluding hydrogens is 328 g/mol. The van der Waals surface area contributed by atoms with Crippen LogP contribution in [0.4, 0.5) is 5.69 Å². The first-order valence-corrected chi connectivity index (χ1v) is 9.10. The number of rotatable bonds is 4. The first kappa shape index (κ1) is 15.1. The highest BCUT2D eigenvalue weighted by atomic mass is 32.2. The van der Waals surface area contributed by atoms with Crippen molar-refractivity contribution in [3.63, 3.8) is 0 Å². The van der Waals surface area contributed by atoms with Gasteiger partial charge in [0, 0.05) is 24.4 Å². The quantitative estimate of drug-likeness (QED) is 0.784. The molecule has 0 unspecified atom stereocenters. The summed E-state index contributed by atoms with van der Waals surface area (Å²) in [6, 6.07) is 8.85. The predicted molar refractivity (Wildman–Crippen MR) is 89.3 cm³/mol. The monoisotopic (exact) mass is 344 g/mol. The molecule has 7 nitrogen and oxygen atoms in total. The van der Waals surface area contributed by atoms with E-state index in [1.54, 1.807) is 35.3 Å². The van der Waals surface area contributed by atoms with E-state index in [2.05, 4.69) is 14.8 Å². The number of sulfonamides is 1. The minimum Gasteiger partial charge on any atom is -0.379 e. The fraction of sp³-hybridized carbons (Fsp3) is 0.250. The lowest BCUT2D eigenvalue weighted by atomic mass is 10.2. The van der Waals surface area contributed by atoms with E-state index < -0.39 is 10.0 Å². The Labute approximate surface area is 139 Å². The van der Waals surface area contributed by atoms with Crippen LogP contribution in [0, 0.1) is 0 Å². The number of nitrogens with zero attached hydrogens (tertiary/aromatic N) is 3. The van der Waals surface area contributed by atoms with Crippen molar-refractivity contribution in [2.75, 3.05) is 17.9 Å². The average Bonchev–Trinajstić information content (AvgIpc) is 3.25. The van der Waals surface area contributed by atoms with Gasteiger partial charge in [-0.25, -0.2) is 8.42 Å². The van der Waals surface area contributed by atoms with Crippen LogP contribution < -0.4 is 4.72 Å². The number of fused-ring (bicyclic) bond motifs is 1. The fourth-order valence-electron chi connectivity index (χ4n) is 2.82. The Morgan fingerprint density at radius 1 is 1.25 bits per heavy atom. The van der Waals surface area contributed by atoms with Gasteiger partial charge in [-0.1, -0.05) is 18.2 Å². The minimum absolute atomic E-state index is 0.151. The second-order valence-corrected chi connectivity index (χ2v) is 7.31. The van der Waals surface area contributed by atoms with Gasteiger partial charge in [0.15, 0.2) is 0 Å². The molecule has 3 aromatic rings. The van der Waals surface area contributed by atoms with Crippen molar-refractivity contribution >= 4 is 26.6 Å². The molecule has 1 aliphatic rings. The first-order chi connectivity index (χ1) is 11.6. The van der Waals surface area contributed by atoms with Crippen molar-refractivity contribution in [2.24, 2.45) is 0 Å². The minimum atomic E-state index is -3.75. The molecule has 8 heteroatoms. The summed E-state index contributed by atoms with van der Waals surface area (Å²) in [6.45, 7) is 1.30. The van der Waals surface area contributed by atoms with Crippen molar-refractivity contribution in [3.05, 3.63) is 48.9 Å². The molecular formula is C16H16N4O3S. The summed E-state index contributed by atoms with van der Waals surface area (Å²) in [6.07, 6.45) is 5.66. The summed E-state index contributed by atoms with van der Waals surface area (Å²) >= 11 is 0. The number of anilines is 1. The third kappa shape index (κ3) is 2.74. The largest absolute Gasteiger partial charge is 0.379 e. The molecule has 1 atom stereocenters. The van der Waals surface area contributed by atoms with Crippen molar-refractivity contribution in [3.8, 4) is 0 Å². The van der Waals surface area contributed by atoms with Crippen LogP contribution in [0.15, 0.2) is 53.8 Å². The van der Waals surface area contributed by atoms with Gasteiger partial charge in [-0.2, -0.15) is 5.10 Å². The lowest BCUT2D eigenvalue weighted by Crippen LogP contribution is -2.13. The number of pyridine rings is 1. The topological polar surface area (TPSA) is 86.1 Å². The van der Waals surface area contributed by atoms with Crippen LogP contribution in [-0.2, 0) is 14.8 Å². The van der Waals surface area contributed by atoms with E-state index in [0.29, 0.717) is 24.4 Å². The Kier molecular flexibility index (Phi) is 3.70. The molecule has 0 saturated carbocycles. The zero-order chi connectivity index (χ0) is 16.6. The van der Waals surface area contributed by atoms with Gasteiger partial charge in [0.05, 0.1) is 30.0 Å². The second kappa shape index (κ2) is 5.88. The SMILES string of the molecule is O=S(=O)(Nc1cnn([C@@H]2CCOC2)c1)c1cccc2cccnc12. The van der Waals surface area contributed by atoms with Crippen molar-refractivity contribution < 1.29 is 13.2 Å². The molecule has 1 saturated heterocycles. The highest BCUT2D eigenvalue weighted by molar-refractivity contribution is 7.93. The molecule has 0 spiro atoms. The van der Waals surface area contributed by atoms with E-state index in [0.717, 1.165) is 11.8 Å². The molecule has 4 rings (SSSR count). The van der Waals surface area contributed by atoms with E-state index >= 15 is 0 Å². The van der Waals surface area contributed by atoms with Crippen LogP contribution in [0.2, 0.25) is 0 Å². The third-order valence-electron chi connectivity index (χ3n) is 4.02. The van der Waals surface area contributed by atoms with Gasteiger partial charge in [-0.15, -0.1) is 0 Å². The van der Waals surface area contributed by atoms with Crippen molar-refractivity contribution in [1.82, 2.24) is 14.8 Å². The summed E-state index contributed by atoms with van der Waals surface area (Å²) in [4.78, 5) is 4.35. The normalized spacial score (nSPS) is 18.1. The Morgan fingerprint density at radius 2 is 2.12 bits per heavy atom. The van der Waals surface area contributed by atoms with E-state index in [-0.39, 0.29) is 10.9 Å². The molecule has 0 aliphatic carbocycles. The number of aromatic nitrogens is 3. The van der Waals surface area contributed by atoms with Gasteiger partial charge >= 0.3 is 0 Å². The number of nitrogens with one attached hydrogen (secondary N) is 1. The number of ether oxygens (including phenoxy) is 1. The number of benzene rings is 1. The van der Waals surface area contributed by atoms with Crippen LogP contribution >= 0.6 is 0 Å². The molecule has 0 amide bonds. The molecule has 2 aromatic heterocycles. The van der Waals surface area contributed by atoms with Crippen LogP contribution in [0.1, 0.15) is 12.5 Å². The zero-order valence-electron chi connectivity index (χ0n) is 12.8. The van der Waals surface area contributed by atoms with E-state index in [1.165, 1.54) is 6.20 Å². The van der Waals surface area contributed by atoms with E-state index in [9.17, 15) is 8.42 Å². The smallest absolute Gasteiger partial charge is 0.264 e. The zero-order valence-corrected chi connectivity index (χ0v) is 13.6. The van der Waals surface area contributed by atoms with Crippen LogP contribution in [0.3, 0.4) is 0 Å². The summed E-state index contributed by atoms with van der Waals surface area (Å²) in [5.41, 5.74) is 0.874. The van der Waals surface area contributed by atoms with Gasteiger partial charge < -0.3 is 4.74 Å². The molecule has 0 bridgehead atoms. The van der Waals surface area contributed by atoms with Crippen molar-refractivity contribution in [1.29, 1.82) is 0 Å². The summed E-state index contributed by atoms with van der Waals surface area (Å²) < 4.78 is 35.1. The van der Waals surface area contributed by atoms with Gasteiger partial charge in [-0.05, 0) is 18.6 Å². The number of hydrogen-bond acceptors (Lipinski definition) is 5. The molecule has 3 heterocycles. The predicted octanol–water partition coefficient (Wildman–Crippen LogP) is 2.19. The second-order valence-electron chi connectivity index (χ2n) is 5.66. The Balaban J connectivity index is 1.65. The summed E-state index contributed by atoms with van der Waals surface area (Å²) in [7, 11) is -3.75. The standard InChI is InChI=1S/C16H16N4O3S/c21-24(22,15-5-1-3-12-4-2-7-17-16(12)15)19-13-9-18-20(10-13)14-6-8-23-11-14/h1-5,7,9-10,14,19H,6,8,11H2/t14-/m1/s1. The molecule has 0 radical (unpaired) electrons. The van der Waals surface area contributed by atoms with E-state index in [1.807, 2.05) is 12.1 Å². The highest BCUT2D eigenvalue weighted by Crippen LogP contribution is 2.24. The molecule has 1 N–H and O–H groups in total. The molecule has 1 aliphatic heterocycles. The number of para-hydroxylation sites is 1. The highest BCUT2D eigenvalue weighted by Gasteiger charge is 2.21. The van der Waals surface area contributed by atoms with Gasteiger partial charge in [-0.3, -0.25) is 14.4 Å². The van der Waals surface area contributed by atoms with Crippen LogP contribution in [-0.4, -0.2) is 36.4 Å². The molecule has 124 valence electrons. The summed E-state index contributed by atoms with van der Waals surface area (Å²) in [5.74, 6) is 0. The van der Waals surface area contributed by atoms with Crippen LogP contribution in [0.25, 0.3) is 10.9 Å². The van der Waals surface area contributed by atoms with Crippen molar-refractivity contribution in [2.45, 2.75) is 17.4 Å². The van der Waals surface area contributed by atoms with Crippen LogP contribution in [0.5, 0.6) is 0 Å². The first-order valence-electron chi connectivity index (χ1n) is 7.62. The summed E-state index contributed by atoms with van der Waals surface area (Å²) in [5, 5.41) is 5.01. The third-order valence-corrected chi connectivity index (χ3v) is 5.43. The number of hydrogen-bond donors (Lipinski definition) is 1. The fourth-order valence-corrected chi connectivity index (χ4v) is 4.03. The van der Waals surface area contributed by atoms with Gasteiger partial charge in [0.25, 0.3) is 10.0 Å². The lowest BCUT2D eigenvalue weighted by Gasteiger charge is -2.09. The lowest BCUT2D eigenvalue weighted by molar-refractivity contribution is 0.184. The van der Waals surface area contributed by atoms with E-state index in [4.69, 9.17) is 4.74 Å². The molecule has 1 aromatic carbocycles. The molecule has 1 fully saturated rings. The van der Waals surface area contributed by atoms with Gasteiger partial charge in [0.2, 0.25) is 0 Å². The maximum absolute atomic E-state index is 12.7. The average molecular weight is 344 g/mol. The van der Waals surface area contributed by atoms with Gasteiger partial charge in [0.1, 0.15) is 4.90 Å².